The Morgan fingerprint density at radius 3 is 2.50 bits per heavy atom. The first-order valence-corrected chi connectivity index (χ1v) is 11.4. The third kappa shape index (κ3) is 5.80. The second-order valence-corrected chi connectivity index (χ2v) is 8.32. The van der Waals surface area contributed by atoms with Crippen molar-refractivity contribution in [3.8, 4) is 12.1 Å². The van der Waals surface area contributed by atoms with Gasteiger partial charge in [0, 0.05) is 69.5 Å². The topological polar surface area (TPSA) is 101 Å². The molecule has 0 saturated carbocycles. The number of hydrogen-bond acceptors (Lipinski definition) is 6. The van der Waals surface area contributed by atoms with Crippen molar-refractivity contribution in [2.24, 2.45) is 0 Å². The van der Waals surface area contributed by atoms with Crippen LogP contribution in [0.2, 0.25) is 0 Å². The van der Waals surface area contributed by atoms with Crippen LogP contribution in [0.25, 0.3) is 0 Å². The van der Waals surface area contributed by atoms with E-state index in [9.17, 15) is 10.1 Å². The van der Waals surface area contributed by atoms with Crippen LogP contribution >= 0.6 is 0 Å². The number of nitriles is 2. The minimum atomic E-state index is -0.0104. The molecule has 0 aliphatic carbocycles. The molecule has 4 rings (SSSR count). The Hall–Kier alpha value is -4.14. The number of benzene rings is 2. The molecule has 172 valence electrons. The smallest absolute Gasteiger partial charge is 0.253 e. The molecule has 2 aromatic carbocycles. The van der Waals surface area contributed by atoms with Gasteiger partial charge in [-0.25, -0.2) is 4.98 Å². The number of imidazole rings is 1. The molecule has 1 fully saturated rings. The van der Waals surface area contributed by atoms with Crippen LogP contribution in [0.1, 0.15) is 33.5 Å². The maximum Gasteiger partial charge on any atom is 0.253 e. The Kier molecular flexibility index (Phi) is 7.54. The average Bonchev–Trinajstić information content (AvgIpc) is 3.40. The zero-order valence-corrected chi connectivity index (χ0v) is 19.0. The van der Waals surface area contributed by atoms with Crippen LogP contribution in [0, 0.1) is 22.7 Å². The molecule has 1 aromatic heterocycles. The highest BCUT2D eigenvalue weighted by molar-refractivity contribution is 5.94. The molecule has 3 aromatic rings. The lowest BCUT2D eigenvalue weighted by Gasteiger charge is -2.35. The van der Waals surface area contributed by atoms with E-state index in [0.29, 0.717) is 36.3 Å². The van der Waals surface area contributed by atoms with Gasteiger partial charge in [-0.05, 0) is 54.4 Å². The molecule has 1 aliphatic heterocycles. The molecule has 0 bridgehead atoms. The molecular weight excluding hydrogens is 426 g/mol. The van der Waals surface area contributed by atoms with E-state index in [1.165, 1.54) is 0 Å². The number of carbonyl (C=O) groups is 1. The summed E-state index contributed by atoms with van der Waals surface area (Å²) in [5.74, 6) is -0.0104. The molecule has 34 heavy (non-hydrogen) atoms. The molecule has 8 heteroatoms. The van der Waals surface area contributed by atoms with Crippen LogP contribution in [0.3, 0.4) is 0 Å². The molecule has 2 heterocycles. The van der Waals surface area contributed by atoms with Gasteiger partial charge >= 0.3 is 0 Å². The summed E-state index contributed by atoms with van der Waals surface area (Å²) in [7, 11) is 0. The lowest BCUT2D eigenvalue weighted by atomic mass is 10.1. The molecule has 1 N–H and O–H groups in total. The normalized spacial score (nSPS) is 13.8. The highest BCUT2D eigenvalue weighted by Gasteiger charge is 2.22. The van der Waals surface area contributed by atoms with Gasteiger partial charge < -0.3 is 14.8 Å². The van der Waals surface area contributed by atoms with E-state index in [2.05, 4.69) is 38.0 Å². The molecule has 0 spiro atoms. The third-order valence-electron chi connectivity index (χ3n) is 6.02. The van der Waals surface area contributed by atoms with E-state index < -0.39 is 0 Å². The lowest BCUT2D eigenvalue weighted by Crippen LogP contribution is -2.48. The van der Waals surface area contributed by atoms with Gasteiger partial charge in [0.05, 0.1) is 29.6 Å². The van der Waals surface area contributed by atoms with Crippen molar-refractivity contribution in [1.29, 1.82) is 10.5 Å². The van der Waals surface area contributed by atoms with Gasteiger partial charge in [0.1, 0.15) is 0 Å². The third-order valence-corrected chi connectivity index (χ3v) is 6.02. The Morgan fingerprint density at radius 1 is 1.03 bits per heavy atom. The first-order valence-electron chi connectivity index (χ1n) is 11.4. The number of nitrogens with one attached hydrogen (secondary N) is 1. The Morgan fingerprint density at radius 2 is 1.82 bits per heavy atom. The Balaban J connectivity index is 1.30. The van der Waals surface area contributed by atoms with Crippen LogP contribution in [0.5, 0.6) is 0 Å². The highest BCUT2D eigenvalue weighted by Crippen LogP contribution is 2.19. The summed E-state index contributed by atoms with van der Waals surface area (Å²) in [6.45, 7) is 5.17. The molecule has 0 radical (unpaired) electrons. The van der Waals surface area contributed by atoms with E-state index >= 15 is 0 Å². The number of nitrogens with zero attached hydrogens (tertiary/aromatic N) is 6. The van der Waals surface area contributed by atoms with Gasteiger partial charge in [0.15, 0.2) is 0 Å². The second-order valence-electron chi connectivity index (χ2n) is 8.32. The Labute approximate surface area is 199 Å². The highest BCUT2D eigenvalue weighted by atomic mass is 16.2. The maximum absolute atomic E-state index is 12.8. The van der Waals surface area contributed by atoms with Crippen molar-refractivity contribution in [2.45, 2.75) is 19.5 Å². The van der Waals surface area contributed by atoms with Crippen LogP contribution in [-0.2, 0) is 13.1 Å². The maximum atomic E-state index is 12.8. The zero-order valence-electron chi connectivity index (χ0n) is 19.0. The molecule has 1 aliphatic rings. The van der Waals surface area contributed by atoms with Gasteiger partial charge in [0.25, 0.3) is 5.91 Å². The minimum absolute atomic E-state index is 0.0104. The zero-order chi connectivity index (χ0) is 23.8. The van der Waals surface area contributed by atoms with E-state index in [0.717, 1.165) is 43.9 Å². The predicted molar refractivity (Wildman–Crippen MR) is 129 cm³/mol. The molecular formula is C26H27N7O. The van der Waals surface area contributed by atoms with Crippen molar-refractivity contribution in [3.05, 3.63) is 83.4 Å². The number of aryl methyl sites for hydroxylation is 1. The number of aromatic nitrogens is 2. The quantitative estimate of drug-likeness (QED) is 0.526. The number of piperazine rings is 1. The van der Waals surface area contributed by atoms with Crippen molar-refractivity contribution >= 4 is 11.6 Å². The summed E-state index contributed by atoms with van der Waals surface area (Å²) >= 11 is 0. The van der Waals surface area contributed by atoms with Crippen LogP contribution in [-0.4, -0.2) is 58.0 Å². The molecule has 1 amide bonds. The van der Waals surface area contributed by atoms with Crippen molar-refractivity contribution in [2.75, 3.05) is 38.0 Å². The fraction of sp³-hybridized carbons (Fsp3) is 0.308. The van der Waals surface area contributed by atoms with Gasteiger partial charge in [-0.15, -0.1) is 0 Å². The van der Waals surface area contributed by atoms with Gasteiger partial charge in [0.2, 0.25) is 0 Å². The number of anilines is 1. The van der Waals surface area contributed by atoms with Gasteiger partial charge in [-0.1, -0.05) is 0 Å². The van der Waals surface area contributed by atoms with Crippen LogP contribution < -0.4 is 5.32 Å². The summed E-state index contributed by atoms with van der Waals surface area (Å²) in [6.07, 6.45) is 6.53. The van der Waals surface area contributed by atoms with Crippen molar-refractivity contribution in [1.82, 2.24) is 19.4 Å². The number of amides is 1. The number of hydrogen-bond donors (Lipinski definition) is 1. The number of rotatable bonds is 8. The fourth-order valence-electron chi connectivity index (χ4n) is 4.08. The summed E-state index contributed by atoms with van der Waals surface area (Å²) in [6, 6.07) is 17.0. The first-order chi connectivity index (χ1) is 16.7. The molecule has 0 atom stereocenters. The molecule has 8 nitrogen and oxygen atoms in total. The van der Waals surface area contributed by atoms with E-state index in [4.69, 9.17) is 5.26 Å². The van der Waals surface area contributed by atoms with Crippen LogP contribution in [0.15, 0.2) is 61.2 Å². The van der Waals surface area contributed by atoms with Crippen molar-refractivity contribution < 1.29 is 4.79 Å². The molecule has 1 saturated heterocycles. The Bertz CT molecular complexity index is 1180. The lowest BCUT2D eigenvalue weighted by molar-refractivity contribution is 0.0628. The monoisotopic (exact) mass is 453 g/mol. The SMILES string of the molecule is N#Cc1ccc(C(=O)N2CCN(Cc3cc(NCCCn4ccnc4)ccc3C#N)CC2)cc1. The van der Waals surface area contributed by atoms with Gasteiger partial charge in [-0.3, -0.25) is 9.69 Å². The summed E-state index contributed by atoms with van der Waals surface area (Å²) < 4.78 is 2.05. The predicted octanol–water partition coefficient (Wildman–Crippen LogP) is 3.09. The van der Waals surface area contributed by atoms with Crippen molar-refractivity contribution in [3.63, 3.8) is 0 Å². The van der Waals surface area contributed by atoms with E-state index in [1.807, 2.05) is 29.6 Å². The standard InChI is InChI=1S/C26H27N7O/c27-17-21-2-4-22(5-3-21)26(34)33-14-12-31(13-15-33)19-24-16-25(7-6-23(24)18-28)30-8-1-10-32-11-9-29-20-32/h2-7,9,11,16,20,30H,1,8,10,12-15,19H2. The van der Waals surface area contributed by atoms with Gasteiger partial charge in [-0.2, -0.15) is 10.5 Å². The fourth-order valence-corrected chi connectivity index (χ4v) is 4.08. The minimum Gasteiger partial charge on any atom is -0.385 e. The van der Waals surface area contributed by atoms with E-state index in [-0.39, 0.29) is 5.91 Å². The number of carbonyl (C=O) groups excluding carboxylic acids is 1. The largest absolute Gasteiger partial charge is 0.385 e. The van der Waals surface area contributed by atoms with Crippen LogP contribution in [0.4, 0.5) is 5.69 Å². The average molecular weight is 454 g/mol. The summed E-state index contributed by atoms with van der Waals surface area (Å²) in [5.41, 5.74) is 3.83. The first kappa shape index (κ1) is 23.0. The second kappa shape index (κ2) is 11.1. The molecule has 0 unspecified atom stereocenters. The summed E-state index contributed by atoms with van der Waals surface area (Å²) in [4.78, 5) is 21.0. The summed E-state index contributed by atoms with van der Waals surface area (Å²) in [5, 5.41) is 21.9. The van der Waals surface area contributed by atoms with E-state index in [1.54, 1.807) is 30.5 Å².